The maximum absolute atomic E-state index is 12.8. The number of Topliss-reactive ketones (excluding diaryl/α,β-unsaturated/α-hetero) is 1. The standard InChI is InChI=1S/C24H30N2O4/c1-6-17(3)26(14-23(28)25-22-9-7-8-16(2)18(22)4)24(29)15-30-21-12-10-20(11-13-21)19(5)27/h7-13,17H,6,14-15H2,1-5H3,(H,25,28)/t17-/m1/s1. The molecule has 2 rings (SSSR count). The molecule has 0 fully saturated rings. The molecule has 1 atom stereocenters. The maximum atomic E-state index is 12.8. The van der Waals surface area contributed by atoms with Crippen LogP contribution in [0.4, 0.5) is 5.69 Å². The smallest absolute Gasteiger partial charge is 0.261 e. The van der Waals surface area contributed by atoms with E-state index in [0.717, 1.165) is 23.2 Å². The lowest BCUT2D eigenvalue weighted by Gasteiger charge is -2.28. The molecule has 1 N–H and O–H groups in total. The molecule has 30 heavy (non-hydrogen) atoms. The van der Waals surface area contributed by atoms with E-state index >= 15 is 0 Å². The van der Waals surface area contributed by atoms with Crippen molar-refractivity contribution in [3.63, 3.8) is 0 Å². The van der Waals surface area contributed by atoms with E-state index in [9.17, 15) is 14.4 Å². The Balaban J connectivity index is 2.01. The predicted octanol–water partition coefficient (Wildman–Crippen LogP) is 4.15. The van der Waals surface area contributed by atoms with Gasteiger partial charge in [-0.1, -0.05) is 19.1 Å². The Kier molecular flexibility index (Phi) is 8.16. The minimum atomic E-state index is -0.267. The van der Waals surface area contributed by atoms with Crippen molar-refractivity contribution in [1.29, 1.82) is 0 Å². The molecule has 0 aliphatic heterocycles. The number of carbonyl (C=O) groups excluding carboxylic acids is 3. The fourth-order valence-electron chi connectivity index (χ4n) is 2.96. The van der Waals surface area contributed by atoms with E-state index in [1.54, 1.807) is 24.3 Å². The Morgan fingerprint density at radius 3 is 2.33 bits per heavy atom. The first kappa shape index (κ1) is 23.1. The fourth-order valence-corrected chi connectivity index (χ4v) is 2.96. The van der Waals surface area contributed by atoms with Crippen LogP contribution in [-0.2, 0) is 9.59 Å². The molecule has 160 valence electrons. The Morgan fingerprint density at radius 2 is 1.73 bits per heavy atom. The van der Waals surface area contributed by atoms with Crippen molar-refractivity contribution in [2.24, 2.45) is 0 Å². The lowest BCUT2D eigenvalue weighted by molar-refractivity contribution is -0.138. The van der Waals surface area contributed by atoms with Gasteiger partial charge in [0.05, 0.1) is 0 Å². The predicted molar refractivity (Wildman–Crippen MR) is 118 cm³/mol. The molecule has 0 spiro atoms. The van der Waals surface area contributed by atoms with Gasteiger partial charge in [-0.05, 0) is 75.6 Å². The molecule has 6 heteroatoms. The fraction of sp³-hybridized carbons (Fsp3) is 0.375. The number of benzene rings is 2. The van der Waals surface area contributed by atoms with Crippen molar-refractivity contribution in [1.82, 2.24) is 4.90 Å². The van der Waals surface area contributed by atoms with Crippen molar-refractivity contribution >= 4 is 23.3 Å². The zero-order chi connectivity index (χ0) is 22.3. The molecule has 0 bridgehead atoms. The van der Waals surface area contributed by atoms with E-state index in [-0.39, 0.29) is 36.8 Å². The summed E-state index contributed by atoms with van der Waals surface area (Å²) >= 11 is 0. The van der Waals surface area contributed by atoms with E-state index in [0.29, 0.717) is 11.3 Å². The number of hydrogen-bond donors (Lipinski definition) is 1. The third-order valence-electron chi connectivity index (χ3n) is 5.26. The average Bonchev–Trinajstić information content (AvgIpc) is 2.73. The maximum Gasteiger partial charge on any atom is 0.261 e. The van der Waals surface area contributed by atoms with Gasteiger partial charge in [-0.2, -0.15) is 0 Å². The molecule has 2 amide bonds. The largest absolute Gasteiger partial charge is 0.484 e. The Morgan fingerprint density at radius 1 is 1.07 bits per heavy atom. The van der Waals surface area contributed by atoms with Crippen LogP contribution in [0.2, 0.25) is 0 Å². The summed E-state index contributed by atoms with van der Waals surface area (Å²) in [5.74, 6) is -0.0491. The number of nitrogens with zero attached hydrogens (tertiary/aromatic N) is 1. The number of rotatable bonds is 9. The second kappa shape index (κ2) is 10.6. The van der Waals surface area contributed by atoms with Gasteiger partial charge in [-0.25, -0.2) is 0 Å². The molecule has 0 aliphatic carbocycles. The van der Waals surface area contributed by atoms with Crippen LogP contribution < -0.4 is 10.1 Å². The van der Waals surface area contributed by atoms with Crippen LogP contribution in [0.5, 0.6) is 5.75 Å². The number of carbonyl (C=O) groups is 3. The van der Waals surface area contributed by atoms with Gasteiger partial charge in [-0.3, -0.25) is 14.4 Å². The van der Waals surface area contributed by atoms with Crippen LogP contribution in [0.3, 0.4) is 0 Å². The summed E-state index contributed by atoms with van der Waals surface area (Å²) in [4.78, 5) is 38.3. The Bertz CT molecular complexity index is 906. The molecule has 0 unspecified atom stereocenters. The molecular weight excluding hydrogens is 380 g/mol. The van der Waals surface area contributed by atoms with Crippen molar-refractivity contribution in [2.45, 2.75) is 47.1 Å². The highest BCUT2D eigenvalue weighted by Gasteiger charge is 2.22. The summed E-state index contributed by atoms with van der Waals surface area (Å²) in [7, 11) is 0. The van der Waals surface area contributed by atoms with Gasteiger partial charge in [0, 0.05) is 17.3 Å². The van der Waals surface area contributed by atoms with E-state index < -0.39 is 0 Å². The van der Waals surface area contributed by atoms with Crippen LogP contribution in [0.25, 0.3) is 0 Å². The topological polar surface area (TPSA) is 75.7 Å². The lowest BCUT2D eigenvalue weighted by Crippen LogP contribution is -2.45. The minimum absolute atomic E-state index is 0.0320. The highest BCUT2D eigenvalue weighted by atomic mass is 16.5. The van der Waals surface area contributed by atoms with Crippen LogP contribution in [-0.4, -0.2) is 41.7 Å². The summed E-state index contributed by atoms with van der Waals surface area (Å²) in [5, 5.41) is 2.90. The van der Waals surface area contributed by atoms with Crippen LogP contribution >= 0.6 is 0 Å². The summed E-state index contributed by atoms with van der Waals surface area (Å²) in [6, 6.07) is 12.3. The van der Waals surface area contributed by atoms with Crippen molar-refractivity contribution in [3.05, 3.63) is 59.2 Å². The average molecular weight is 411 g/mol. The third kappa shape index (κ3) is 6.17. The molecule has 2 aromatic carbocycles. The molecule has 2 aromatic rings. The van der Waals surface area contributed by atoms with Gasteiger partial charge in [-0.15, -0.1) is 0 Å². The number of ether oxygens (including phenoxy) is 1. The molecule has 0 heterocycles. The summed E-state index contributed by atoms with van der Waals surface area (Å²) in [6.07, 6.45) is 0.718. The number of nitrogens with one attached hydrogen (secondary N) is 1. The molecule has 6 nitrogen and oxygen atoms in total. The second-order valence-corrected chi connectivity index (χ2v) is 7.44. The van der Waals surface area contributed by atoms with Crippen molar-refractivity contribution < 1.29 is 19.1 Å². The number of amides is 2. The summed E-state index contributed by atoms with van der Waals surface area (Å²) < 4.78 is 5.58. The zero-order valence-electron chi connectivity index (χ0n) is 18.3. The van der Waals surface area contributed by atoms with Crippen molar-refractivity contribution in [3.8, 4) is 5.75 Å². The number of anilines is 1. The quantitative estimate of drug-likeness (QED) is 0.630. The van der Waals surface area contributed by atoms with Gasteiger partial charge in [0.2, 0.25) is 5.91 Å². The normalized spacial score (nSPS) is 11.5. The summed E-state index contributed by atoms with van der Waals surface area (Å²) in [5.41, 5.74) is 3.42. The third-order valence-corrected chi connectivity index (χ3v) is 5.26. The first-order chi connectivity index (χ1) is 14.2. The van der Waals surface area contributed by atoms with E-state index in [2.05, 4.69) is 5.32 Å². The highest BCUT2D eigenvalue weighted by Crippen LogP contribution is 2.18. The number of hydrogen-bond acceptors (Lipinski definition) is 4. The first-order valence-electron chi connectivity index (χ1n) is 10.1. The molecule has 0 radical (unpaired) electrons. The van der Waals surface area contributed by atoms with E-state index in [1.807, 2.05) is 45.9 Å². The molecule has 0 aromatic heterocycles. The lowest BCUT2D eigenvalue weighted by atomic mass is 10.1. The molecule has 0 saturated carbocycles. The second-order valence-electron chi connectivity index (χ2n) is 7.44. The van der Waals surface area contributed by atoms with E-state index in [1.165, 1.54) is 11.8 Å². The van der Waals surface area contributed by atoms with Gasteiger partial charge in [0.25, 0.3) is 5.91 Å². The van der Waals surface area contributed by atoms with Crippen LogP contribution in [0.15, 0.2) is 42.5 Å². The molecule has 0 saturated heterocycles. The van der Waals surface area contributed by atoms with Gasteiger partial charge < -0.3 is 15.0 Å². The monoisotopic (exact) mass is 410 g/mol. The number of aryl methyl sites for hydroxylation is 1. The van der Waals surface area contributed by atoms with Crippen molar-refractivity contribution in [2.75, 3.05) is 18.5 Å². The molecular formula is C24H30N2O4. The van der Waals surface area contributed by atoms with E-state index in [4.69, 9.17) is 4.74 Å². The van der Waals surface area contributed by atoms with Crippen LogP contribution in [0, 0.1) is 13.8 Å². The SMILES string of the molecule is CC[C@@H](C)N(CC(=O)Nc1cccc(C)c1C)C(=O)COc1ccc(C(C)=O)cc1. The Labute approximate surface area is 178 Å². The zero-order valence-corrected chi connectivity index (χ0v) is 18.3. The Hall–Kier alpha value is -3.15. The van der Waals surface area contributed by atoms with Gasteiger partial charge in [0.15, 0.2) is 12.4 Å². The van der Waals surface area contributed by atoms with Gasteiger partial charge >= 0.3 is 0 Å². The highest BCUT2D eigenvalue weighted by molar-refractivity contribution is 5.95. The summed E-state index contributed by atoms with van der Waals surface area (Å²) in [6.45, 7) is 9.08. The first-order valence-corrected chi connectivity index (χ1v) is 10.1. The van der Waals surface area contributed by atoms with Crippen LogP contribution in [0.1, 0.15) is 48.7 Å². The molecule has 0 aliphatic rings. The minimum Gasteiger partial charge on any atom is -0.484 e. The number of ketones is 1. The van der Waals surface area contributed by atoms with Gasteiger partial charge in [0.1, 0.15) is 12.3 Å².